The lowest BCUT2D eigenvalue weighted by atomic mass is 10.1. The van der Waals surface area contributed by atoms with E-state index in [4.69, 9.17) is 9.47 Å². The van der Waals surface area contributed by atoms with Gasteiger partial charge in [0.05, 0.1) is 31.1 Å². The van der Waals surface area contributed by atoms with E-state index in [0.29, 0.717) is 32.0 Å². The van der Waals surface area contributed by atoms with Crippen LogP contribution >= 0.6 is 0 Å². The average Bonchev–Trinajstić information content (AvgIpc) is 2.56. The Hall–Kier alpha value is -2.41. The molecule has 7 heteroatoms. The van der Waals surface area contributed by atoms with Crippen molar-refractivity contribution in [2.75, 3.05) is 38.2 Å². The van der Waals surface area contributed by atoms with E-state index in [0.717, 1.165) is 0 Å². The Morgan fingerprint density at radius 1 is 1.22 bits per heavy atom. The Kier molecular flexibility index (Phi) is 6.10. The zero-order chi connectivity index (χ0) is 16.7. The highest BCUT2D eigenvalue weighted by Gasteiger charge is 2.21. The average molecular weight is 320 g/mol. The molecule has 0 unspecified atom stereocenters. The topological polar surface area (TPSA) is 84.9 Å². The molecule has 0 atom stereocenters. The summed E-state index contributed by atoms with van der Waals surface area (Å²) in [5.41, 5.74) is 0.604. The number of hydrogen-bond acceptors (Lipinski definition) is 5. The van der Waals surface area contributed by atoms with E-state index >= 15 is 0 Å². The molecule has 7 nitrogen and oxygen atoms in total. The van der Waals surface area contributed by atoms with Gasteiger partial charge in [-0.1, -0.05) is 12.1 Å². The van der Waals surface area contributed by atoms with Crippen LogP contribution < -0.4 is 5.32 Å². The number of amides is 2. The highest BCUT2D eigenvalue weighted by Crippen LogP contribution is 2.16. The molecule has 1 saturated heterocycles. The molecule has 0 aliphatic carbocycles. The smallest absolute Gasteiger partial charge is 0.340 e. The number of anilines is 1. The molecule has 0 saturated carbocycles. The van der Waals surface area contributed by atoms with Gasteiger partial charge in [0.1, 0.15) is 6.42 Å². The second kappa shape index (κ2) is 8.28. The molecule has 1 fully saturated rings. The second-order valence-corrected chi connectivity index (χ2v) is 4.98. The number of hydrogen-bond donors (Lipinski definition) is 1. The molecule has 2 rings (SSSR count). The molecular formula is C16H20N2O5. The number of morpholine rings is 1. The minimum absolute atomic E-state index is 0.247. The van der Waals surface area contributed by atoms with Crippen LogP contribution in [0.15, 0.2) is 24.3 Å². The van der Waals surface area contributed by atoms with Gasteiger partial charge in [0, 0.05) is 13.1 Å². The fourth-order valence-corrected chi connectivity index (χ4v) is 2.24. The number of carbonyl (C=O) groups is 3. The first kappa shape index (κ1) is 17.0. The molecule has 23 heavy (non-hydrogen) atoms. The Bertz CT molecular complexity index is 582. The molecule has 2 amide bonds. The normalized spacial score (nSPS) is 14.2. The van der Waals surface area contributed by atoms with Crippen LogP contribution in [0.5, 0.6) is 0 Å². The van der Waals surface area contributed by atoms with Gasteiger partial charge >= 0.3 is 5.97 Å². The van der Waals surface area contributed by atoms with Crippen molar-refractivity contribution in [1.29, 1.82) is 0 Å². The first-order valence-corrected chi connectivity index (χ1v) is 7.53. The van der Waals surface area contributed by atoms with Gasteiger partial charge in [0.25, 0.3) is 0 Å². The summed E-state index contributed by atoms with van der Waals surface area (Å²) >= 11 is 0. The lowest BCUT2D eigenvalue weighted by Gasteiger charge is -2.26. The Morgan fingerprint density at radius 3 is 2.61 bits per heavy atom. The second-order valence-electron chi connectivity index (χ2n) is 4.98. The number of carbonyl (C=O) groups excluding carboxylic acids is 3. The van der Waals surface area contributed by atoms with Gasteiger partial charge in [-0.25, -0.2) is 4.79 Å². The van der Waals surface area contributed by atoms with Crippen LogP contribution in [-0.2, 0) is 19.1 Å². The number of ether oxygens (including phenoxy) is 2. The van der Waals surface area contributed by atoms with Crippen molar-refractivity contribution in [2.24, 2.45) is 0 Å². The van der Waals surface area contributed by atoms with Crippen molar-refractivity contribution < 1.29 is 23.9 Å². The summed E-state index contributed by atoms with van der Waals surface area (Å²) in [5, 5.41) is 2.60. The maximum Gasteiger partial charge on any atom is 0.340 e. The molecule has 1 aromatic carbocycles. The fraction of sp³-hybridized carbons (Fsp3) is 0.438. The van der Waals surface area contributed by atoms with E-state index in [1.54, 1.807) is 36.1 Å². The van der Waals surface area contributed by atoms with Crippen LogP contribution in [0.2, 0.25) is 0 Å². The summed E-state index contributed by atoms with van der Waals surface area (Å²) in [5.74, 6) is -1.22. The summed E-state index contributed by atoms with van der Waals surface area (Å²) in [7, 11) is 0. The molecule has 124 valence electrons. The van der Waals surface area contributed by atoms with Gasteiger partial charge in [-0.2, -0.15) is 0 Å². The first-order valence-electron chi connectivity index (χ1n) is 7.53. The largest absolute Gasteiger partial charge is 0.462 e. The molecule has 1 aliphatic heterocycles. The molecule has 0 spiro atoms. The van der Waals surface area contributed by atoms with E-state index in [1.165, 1.54) is 0 Å². The number of rotatable bonds is 5. The molecule has 0 aromatic heterocycles. The molecule has 1 N–H and O–H groups in total. The summed E-state index contributed by atoms with van der Waals surface area (Å²) in [4.78, 5) is 37.5. The van der Waals surface area contributed by atoms with Crippen LogP contribution in [0, 0.1) is 0 Å². The van der Waals surface area contributed by atoms with Gasteiger partial charge in [-0.3, -0.25) is 9.59 Å². The van der Waals surface area contributed by atoms with Gasteiger partial charge in [0.15, 0.2) is 0 Å². The van der Waals surface area contributed by atoms with Crippen LogP contribution in [0.25, 0.3) is 0 Å². The van der Waals surface area contributed by atoms with Crippen molar-refractivity contribution in [3.63, 3.8) is 0 Å². The monoisotopic (exact) mass is 320 g/mol. The van der Waals surface area contributed by atoms with Crippen molar-refractivity contribution in [1.82, 2.24) is 4.90 Å². The maximum absolute atomic E-state index is 12.1. The minimum Gasteiger partial charge on any atom is -0.462 e. The lowest BCUT2D eigenvalue weighted by Crippen LogP contribution is -2.42. The van der Waals surface area contributed by atoms with Gasteiger partial charge < -0.3 is 19.7 Å². The molecule has 0 bridgehead atoms. The zero-order valence-electron chi connectivity index (χ0n) is 13.0. The van der Waals surface area contributed by atoms with E-state index in [9.17, 15) is 14.4 Å². The van der Waals surface area contributed by atoms with Crippen LogP contribution in [0.4, 0.5) is 5.69 Å². The quantitative estimate of drug-likeness (QED) is 0.647. The first-order chi connectivity index (χ1) is 11.1. The summed E-state index contributed by atoms with van der Waals surface area (Å²) in [6, 6.07) is 6.55. The predicted molar refractivity (Wildman–Crippen MR) is 83.0 cm³/mol. The highest BCUT2D eigenvalue weighted by atomic mass is 16.5. The van der Waals surface area contributed by atoms with Crippen LogP contribution in [-0.4, -0.2) is 55.6 Å². The summed E-state index contributed by atoms with van der Waals surface area (Å²) in [6.45, 7) is 3.91. The van der Waals surface area contributed by atoms with Gasteiger partial charge in [-0.05, 0) is 19.1 Å². The standard InChI is InChI=1S/C16H20N2O5/c1-2-23-16(21)12-5-3-4-6-13(12)17-14(19)11-15(20)18-7-9-22-10-8-18/h3-6H,2,7-11H2,1H3,(H,17,19). The van der Waals surface area contributed by atoms with E-state index in [2.05, 4.69) is 5.32 Å². The number of para-hydroxylation sites is 1. The van der Waals surface area contributed by atoms with Crippen molar-refractivity contribution in [3.05, 3.63) is 29.8 Å². The Balaban J connectivity index is 1.97. The fourth-order valence-electron chi connectivity index (χ4n) is 2.24. The third kappa shape index (κ3) is 4.79. The zero-order valence-corrected chi connectivity index (χ0v) is 13.0. The SMILES string of the molecule is CCOC(=O)c1ccccc1NC(=O)CC(=O)N1CCOCC1. The van der Waals surface area contributed by atoms with Gasteiger partial charge in [0.2, 0.25) is 11.8 Å². The highest BCUT2D eigenvalue weighted by molar-refractivity contribution is 6.06. The number of benzene rings is 1. The summed E-state index contributed by atoms with van der Waals surface area (Å²) < 4.78 is 10.1. The van der Waals surface area contributed by atoms with Gasteiger partial charge in [-0.15, -0.1) is 0 Å². The Labute approximate surface area is 134 Å². The minimum atomic E-state index is -0.511. The lowest BCUT2D eigenvalue weighted by molar-refractivity contribution is -0.138. The van der Waals surface area contributed by atoms with Crippen LogP contribution in [0.1, 0.15) is 23.7 Å². The molecule has 0 radical (unpaired) electrons. The van der Waals surface area contributed by atoms with Crippen molar-refractivity contribution in [2.45, 2.75) is 13.3 Å². The number of nitrogens with one attached hydrogen (secondary N) is 1. The van der Waals surface area contributed by atoms with Crippen molar-refractivity contribution in [3.8, 4) is 0 Å². The third-order valence-corrected chi connectivity index (χ3v) is 3.37. The van der Waals surface area contributed by atoms with Crippen LogP contribution in [0.3, 0.4) is 0 Å². The number of nitrogens with zero attached hydrogens (tertiary/aromatic N) is 1. The molecule has 1 aliphatic rings. The summed E-state index contributed by atoms with van der Waals surface area (Å²) in [6.07, 6.45) is -0.267. The molecule has 1 heterocycles. The van der Waals surface area contributed by atoms with E-state index in [-0.39, 0.29) is 24.5 Å². The van der Waals surface area contributed by atoms with E-state index in [1.807, 2.05) is 0 Å². The van der Waals surface area contributed by atoms with E-state index < -0.39 is 11.9 Å². The third-order valence-electron chi connectivity index (χ3n) is 3.37. The number of esters is 1. The molecule has 1 aromatic rings. The predicted octanol–water partition coefficient (Wildman–Crippen LogP) is 1.05. The maximum atomic E-state index is 12.1. The van der Waals surface area contributed by atoms with Crippen molar-refractivity contribution >= 4 is 23.5 Å². The Morgan fingerprint density at radius 2 is 1.91 bits per heavy atom. The molecular weight excluding hydrogens is 300 g/mol.